The summed E-state index contributed by atoms with van der Waals surface area (Å²) < 4.78 is 41.9. The average Bonchev–Trinajstić information content (AvgIpc) is 2.28. The number of nitrogens with two attached hydrogens (primary N) is 1. The third-order valence-electron chi connectivity index (χ3n) is 2.17. The fourth-order valence-corrected chi connectivity index (χ4v) is 1.34. The summed E-state index contributed by atoms with van der Waals surface area (Å²) in [4.78, 5) is 14.7. The van der Waals surface area contributed by atoms with Crippen molar-refractivity contribution < 1.29 is 22.7 Å². The molecule has 0 fully saturated rings. The third-order valence-corrected chi connectivity index (χ3v) is 2.17. The Labute approximate surface area is 102 Å². The lowest BCUT2D eigenvalue weighted by atomic mass is 10.1. The Bertz CT molecular complexity index is 421. The van der Waals surface area contributed by atoms with Gasteiger partial charge in [0.25, 0.3) is 0 Å². The van der Waals surface area contributed by atoms with Gasteiger partial charge in [0.05, 0.1) is 12.2 Å². The van der Waals surface area contributed by atoms with Gasteiger partial charge < -0.3 is 10.5 Å². The molecule has 1 heterocycles. The van der Waals surface area contributed by atoms with Gasteiger partial charge in [-0.15, -0.1) is 0 Å². The molecule has 0 aliphatic carbocycles. The van der Waals surface area contributed by atoms with E-state index in [1.165, 1.54) is 6.20 Å². The van der Waals surface area contributed by atoms with Crippen molar-refractivity contribution in [2.24, 2.45) is 5.73 Å². The second kappa shape index (κ2) is 5.81. The van der Waals surface area contributed by atoms with Gasteiger partial charge in [-0.25, -0.2) is 0 Å². The predicted octanol–water partition coefficient (Wildman–Crippen LogP) is 1.53. The summed E-state index contributed by atoms with van der Waals surface area (Å²) in [6.45, 7) is 1.80. The van der Waals surface area contributed by atoms with E-state index in [0.29, 0.717) is 0 Å². The monoisotopic (exact) mass is 262 g/mol. The molecule has 0 saturated heterocycles. The molecule has 1 unspecified atom stereocenters. The maximum atomic E-state index is 12.4. The third kappa shape index (κ3) is 3.99. The van der Waals surface area contributed by atoms with Crippen molar-refractivity contribution in [3.05, 3.63) is 29.6 Å². The Kier molecular flexibility index (Phi) is 4.66. The number of aromatic nitrogens is 1. The number of ether oxygens (including phenoxy) is 1. The van der Waals surface area contributed by atoms with Crippen LogP contribution < -0.4 is 5.73 Å². The van der Waals surface area contributed by atoms with E-state index < -0.39 is 23.8 Å². The van der Waals surface area contributed by atoms with Crippen molar-refractivity contribution in [1.82, 2.24) is 4.98 Å². The van der Waals surface area contributed by atoms with Gasteiger partial charge in [-0.2, -0.15) is 13.2 Å². The van der Waals surface area contributed by atoms with Gasteiger partial charge in [-0.1, -0.05) is 0 Å². The first-order valence-corrected chi connectivity index (χ1v) is 5.28. The van der Waals surface area contributed by atoms with Crippen molar-refractivity contribution in [2.75, 3.05) is 6.61 Å². The zero-order chi connectivity index (χ0) is 13.8. The van der Waals surface area contributed by atoms with Crippen LogP contribution in [0.5, 0.6) is 0 Å². The van der Waals surface area contributed by atoms with Crippen LogP contribution in [0, 0.1) is 0 Å². The number of hydrogen-bond donors (Lipinski definition) is 1. The number of carbonyl (C=O) groups is 1. The Morgan fingerprint density at radius 2 is 2.17 bits per heavy atom. The van der Waals surface area contributed by atoms with Crippen LogP contribution in [-0.2, 0) is 22.1 Å². The predicted molar refractivity (Wildman–Crippen MR) is 57.6 cm³/mol. The number of carbonyl (C=O) groups excluding carboxylic acids is 1. The summed E-state index contributed by atoms with van der Waals surface area (Å²) in [5.74, 6) is -0.644. The standard InChI is InChI=1S/C11H13F3N2O2/c1-2-18-10(17)9(15)4-7-3-8(6-16-5-7)11(12,13)14/h3,5-6,9H,2,4,15H2,1H3. The molecule has 0 amide bonds. The molecule has 2 N–H and O–H groups in total. The Hall–Kier alpha value is -1.63. The van der Waals surface area contributed by atoms with Crippen LogP contribution >= 0.6 is 0 Å². The minimum absolute atomic E-state index is 0.0459. The van der Waals surface area contributed by atoms with Crippen molar-refractivity contribution in [2.45, 2.75) is 25.6 Å². The molecule has 0 aromatic carbocycles. The van der Waals surface area contributed by atoms with Crippen LogP contribution in [0.1, 0.15) is 18.1 Å². The van der Waals surface area contributed by atoms with Gasteiger partial charge >= 0.3 is 12.1 Å². The highest BCUT2D eigenvalue weighted by atomic mass is 19.4. The molecule has 0 aliphatic heterocycles. The molecule has 4 nitrogen and oxygen atoms in total. The molecule has 0 aliphatic rings. The van der Waals surface area contributed by atoms with Gasteiger partial charge in [-0.3, -0.25) is 9.78 Å². The zero-order valence-electron chi connectivity index (χ0n) is 9.70. The summed E-state index contributed by atoms with van der Waals surface area (Å²) in [5.41, 5.74) is 4.89. The molecule has 1 aromatic heterocycles. The lowest BCUT2D eigenvalue weighted by Crippen LogP contribution is -2.34. The number of hydrogen-bond acceptors (Lipinski definition) is 4. The van der Waals surface area contributed by atoms with Crippen LogP contribution in [0.4, 0.5) is 13.2 Å². The van der Waals surface area contributed by atoms with Gasteiger partial charge in [0.1, 0.15) is 6.04 Å². The summed E-state index contributed by atoms with van der Waals surface area (Å²) in [6.07, 6.45) is -2.54. The van der Waals surface area contributed by atoms with Crippen LogP contribution in [0.25, 0.3) is 0 Å². The quantitative estimate of drug-likeness (QED) is 0.836. The van der Waals surface area contributed by atoms with Crippen LogP contribution in [0.2, 0.25) is 0 Å². The van der Waals surface area contributed by atoms with Crippen molar-refractivity contribution in [3.63, 3.8) is 0 Å². The second-order valence-corrected chi connectivity index (χ2v) is 3.64. The Balaban J connectivity index is 2.76. The molecule has 100 valence electrons. The molecule has 7 heteroatoms. The first-order valence-electron chi connectivity index (χ1n) is 5.28. The highest BCUT2D eigenvalue weighted by Gasteiger charge is 2.31. The SMILES string of the molecule is CCOC(=O)C(N)Cc1cncc(C(F)(F)F)c1. The highest BCUT2D eigenvalue weighted by Crippen LogP contribution is 2.29. The smallest absolute Gasteiger partial charge is 0.417 e. The number of nitrogens with zero attached hydrogens (tertiary/aromatic N) is 1. The normalized spacial score (nSPS) is 13.2. The van der Waals surface area contributed by atoms with Gasteiger partial charge in [0, 0.05) is 12.4 Å². The molecule has 0 spiro atoms. The Morgan fingerprint density at radius 3 is 2.72 bits per heavy atom. The van der Waals surface area contributed by atoms with E-state index in [2.05, 4.69) is 9.72 Å². The second-order valence-electron chi connectivity index (χ2n) is 3.64. The van der Waals surface area contributed by atoms with Gasteiger partial charge in [0.2, 0.25) is 0 Å². The van der Waals surface area contributed by atoms with Crippen molar-refractivity contribution in [3.8, 4) is 0 Å². The zero-order valence-corrected chi connectivity index (χ0v) is 9.70. The van der Waals surface area contributed by atoms with Crippen molar-refractivity contribution in [1.29, 1.82) is 0 Å². The van der Waals surface area contributed by atoms with Gasteiger partial charge in [0.15, 0.2) is 0 Å². The van der Waals surface area contributed by atoms with Crippen LogP contribution in [0.15, 0.2) is 18.5 Å². The Morgan fingerprint density at radius 1 is 1.50 bits per heavy atom. The van der Waals surface area contributed by atoms with E-state index in [9.17, 15) is 18.0 Å². The van der Waals surface area contributed by atoms with Crippen LogP contribution in [-0.4, -0.2) is 23.6 Å². The van der Waals surface area contributed by atoms with E-state index in [4.69, 9.17) is 5.73 Å². The number of alkyl halides is 3. The summed E-state index contributed by atoms with van der Waals surface area (Å²) in [5, 5.41) is 0. The first kappa shape index (κ1) is 14.4. The molecule has 1 rings (SSSR count). The molecule has 1 atom stereocenters. The minimum Gasteiger partial charge on any atom is -0.465 e. The first-order chi connectivity index (χ1) is 8.34. The van der Waals surface area contributed by atoms with E-state index in [1.807, 2.05) is 0 Å². The number of halogens is 3. The van der Waals surface area contributed by atoms with E-state index in [1.54, 1.807) is 6.92 Å². The maximum Gasteiger partial charge on any atom is 0.417 e. The highest BCUT2D eigenvalue weighted by molar-refractivity contribution is 5.75. The van der Waals surface area contributed by atoms with E-state index in [0.717, 1.165) is 12.3 Å². The van der Waals surface area contributed by atoms with E-state index >= 15 is 0 Å². The summed E-state index contributed by atoms with van der Waals surface area (Å²) in [6, 6.07) is -0.0678. The molecule has 0 saturated carbocycles. The summed E-state index contributed by atoms with van der Waals surface area (Å²) in [7, 11) is 0. The fourth-order valence-electron chi connectivity index (χ4n) is 1.34. The maximum absolute atomic E-state index is 12.4. The number of rotatable bonds is 4. The lowest BCUT2D eigenvalue weighted by Gasteiger charge is -2.12. The molecular weight excluding hydrogens is 249 g/mol. The summed E-state index contributed by atoms with van der Waals surface area (Å²) >= 11 is 0. The number of esters is 1. The molecule has 0 bridgehead atoms. The van der Waals surface area contributed by atoms with Crippen molar-refractivity contribution >= 4 is 5.97 Å². The minimum atomic E-state index is -4.46. The fraction of sp³-hybridized carbons (Fsp3) is 0.455. The molecular formula is C11H13F3N2O2. The molecule has 18 heavy (non-hydrogen) atoms. The number of pyridine rings is 1. The van der Waals surface area contributed by atoms with E-state index in [-0.39, 0.29) is 18.6 Å². The van der Waals surface area contributed by atoms with Gasteiger partial charge in [-0.05, 0) is 25.0 Å². The molecule has 0 radical (unpaired) electrons. The topological polar surface area (TPSA) is 65.2 Å². The average molecular weight is 262 g/mol. The molecule has 1 aromatic rings. The largest absolute Gasteiger partial charge is 0.465 e. The lowest BCUT2D eigenvalue weighted by molar-refractivity contribution is -0.144. The van der Waals surface area contributed by atoms with Crippen LogP contribution in [0.3, 0.4) is 0 Å².